The van der Waals surface area contributed by atoms with Gasteiger partial charge in [0.15, 0.2) is 6.61 Å². The average molecular weight is 496 g/mol. The number of hydrogen-bond acceptors (Lipinski definition) is 6. The summed E-state index contributed by atoms with van der Waals surface area (Å²) in [4.78, 5) is 23.9. The Morgan fingerprint density at radius 2 is 1.60 bits per heavy atom. The second kappa shape index (κ2) is 11.7. The maximum absolute atomic E-state index is 12.6. The van der Waals surface area contributed by atoms with Crippen LogP contribution in [0.15, 0.2) is 83.8 Å². The number of rotatable bonds is 9. The fourth-order valence-electron chi connectivity index (χ4n) is 2.87. The SMILES string of the molecule is COc1ccc(NS(=O)(=O)c2ccc(C=CC(=O)NNC(=O)COc3ccccc3C)cc2)cc1. The van der Waals surface area contributed by atoms with E-state index in [1.165, 1.54) is 31.4 Å². The van der Waals surface area contributed by atoms with Gasteiger partial charge in [0.1, 0.15) is 11.5 Å². The Balaban J connectivity index is 1.48. The van der Waals surface area contributed by atoms with Gasteiger partial charge in [-0.05, 0) is 66.6 Å². The molecule has 0 aliphatic heterocycles. The van der Waals surface area contributed by atoms with Crippen LogP contribution in [0.3, 0.4) is 0 Å². The minimum atomic E-state index is -3.78. The number of anilines is 1. The van der Waals surface area contributed by atoms with Crippen molar-refractivity contribution < 1.29 is 27.5 Å². The summed E-state index contributed by atoms with van der Waals surface area (Å²) in [6.45, 7) is 1.61. The zero-order valence-corrected chi connectivity index (χ0v) is 20.0. The zero-order chi connectivity index (χ0) is 25.3. The van der Waals surface area contributed by atoms with Gasteiger partial charge >= 0.3 is 0 Å². The van der Waals surface area contributed by atoms with Gasteiger partial charge in [0.25, 0.3) is 21.8 Å². The number of ether oxygens (including phenoxy) is 2. The number of methoxy groups -OCH3 is 1. The van der Waals surface area contributed by atoms with Crippen molar-refractivity contribution in [3.8, 4) is 11.5 Å². The number of para-hydroxylation sites is 1. The molecule has 0 unspecified atom stereocenters. The van der Waals surface area contributed by atoms with Crippen LogP contribution in [0.4, 0.5) is 5.69 Å². The number of hydrogen-bond donors (Lipinski definition) is 3. The van der Waals surface area contributed by atoms with Crippen LogP contribution >= 0.6 is 0 Å². The number of carbonyl (C=O) groups excluding carboxylic acids is 2. The lowest BCUT2D eigenvalue weighted by Gasteiger charge is -2.09. The Morgan fingerprint density at radius 3 is 2.26 bits per heavy atom. The Bertz CT molecular complexity index is 1300. The average Bonchev–Trinajstić information content (AvgIpc) is 2.86. The molecule has 0 fully saturated rings. The number of hydrazine groups is 1. The third-order valence-electron chi connectivity index (χ3n) is 4.74. The topological polar surface area (TPSA) is 123 Å². The first-order chi connectivity index (χ1) is 16.8. The highest BCUT2D eigenvalue weighted by Gasteiger charge is 2.14. The number of carbonyl (C=O) groups is 2. The molecule has 10 heteroatoms. The lowest BCUT2D eigenvalue weighted by Crippen LogP contribution is -2.43. The largest absolute Gasteiger partial charge is 0.497 e. The second-order valence-electron chi connectivity index (χ2n) is 7.33. The molecule has 3 aromatic rings. The molecule has 0 aliphatic carbocycles. The van der Waals surface area contributed by atoms with E-state index in [4.69, 9.17) is 9.47 Å². The van der Waals surface area contributed by atoms with E-state index in [9.17, 15) is 18.0 Å². The molecular weight excluding hydrogens is 470 g/mol. The number of sulfonamides is 1. The number of amides is 2. The molecule has 0 spiro atoms. The van der Waals surface area contributed by atoms with E-state index in [-0.39, 0.29) is 11.5 Å². The van der Waals surface area contributed by atoms with Crippen molar-refractivity contribution >= 4 is 33.6 Å². The van der Waals surface area contributed by atoms with Crippen LogP contribution in [0.2, 0.25) is 0 Å². The first kappa shape index (κ1) is 25.3. The van der Waals surface area contributed by atoms with Crippen molar-refractivity contribution in [1.29, 1.82) is 0 Å². The molecule has 2 amide bonds. The van der Waals surface area contributed by atoms with Gasteiger partial charge in [0.2, 0.25) is 0 Å². The molecule has 0 saturated carbocycles. The molecule has 3 N–H and O–H groups in total. The molecule has 0 radical (unpaired) electrons. The fourth-order valence-corrected chi connectivity index (χ4v) is 3.93. The van der Waals surface area contributed by atoms with Crippen LogP contribution in [0, 0.1) is 6.92 Å². The van der Waals surface area contributed by atoms with Crippen LogP contribution in [0.1, 0.15) is 11.1 Å². The highest BCUT2D eigenvalue weighted by Crippen LogP contribution is 2.20. The van der Waals surface area contributed by atoms with E-state index >= 15 is 0 Å². The van der Waals surface area contributed by atoms with E-state index in [0.29, 0.717) is 22.7 Å². The lowest BCUT2D eigenvalue weighted by atomic mass is 10.2. The van der Waals surface area contributed by atoms with Crippen molar-refractivity contribution in [3.63, 3.8) is 0 Å². The summed E-state index contributed by atoms with van der Waals surface area (Å²) in [5.41, 5.74) is 6.40. The molecule has 35 heavy (non-hydrogen) atoms. The minimum Gasteiger partial charge on any atom is -0.497 e. The van der Waals surface area contributed by atoms with E-state index in [0.717, 1.165) is 5.56 Å². The highest BCUT2D eigenvalue weighted by atomic mass is 32.2. The van der Waals surface area contributed by atoms with Gasteiger partial charge in [-0.25, -0.2) is 8.42 Å². The van der Waals surface area contributed by atoms with E-state index < -0.39 is 21.8 Å². The third-order valence-corrected chi connectivity index (χ3v) is 6.13. The van der Waals surface area contributed by atoms with Gasteiger partial charge in [-0.2, -0.15) is 0 Å². The molecule has 3 rings (SSSR count). The molecule has 0 bridgehead atoms. The first-order valence-electron chi connectivity index (χ1n) is 10.5. The Labute approximate surface area is 203 Å². The molecule has 0 saturated heterocycles. The van der Waals surface area contributed by atoms with Crippen LogP contribution in [0.25, 0.3) is 6.08 Å². The van der Waals surface area contributed by atoms with Crippen molar-refractivity contribution in [2.75, 3.05) is 18.4 Å². The summed E-state index contributed by atoms with van der Waals surface area (Å²) in [6, 6.07) is 19.7. The smallest absolute Gasteiger partial charge is 0.276 e. The lowest BCUT2D eigenvalue weighted by molar-refractivity contribution is -0.128. The summed E-state index contributed by atoms with van der Waals surface area (Å²) in [7, 11) is -2.26. The van der Waals surface area contributed by atoms with Gasteiger partial charge in [-0.15, -0.1) is 0 Å². The van der Waals surface area contributed by atoms with Crippen molar-refractivity contribution in [3.05, 3.63) is 90.0 Å². The molecule has 0 aliphatic rings. The zero-order valence-electron chi connectivity index (χ0n) is 19.1. The maximum atomic E-state index is 12.6. The Kier molecular flexibility index (Phi) is 8.47. The summed E-state index contributed by atoms with van der Waals surface area (Å²) in [5, 5.41) is 0. The predicted molar refractivity (Wildman–Crippen MR) is 132 cm³/mol. The summed E-state index contributed by atoms with van der Waals surface area (Å²) < 4.78 is 38.1. The molecule has 9 nitrogen and oxygen atoms in total. The van der Waals surface area contributed by atoms with Crippen LogP contribution in [-0.4, -0.2) is 33.9 Å². The summed E-state index contributed by atoms with van der Waals surface area (Å²) in [6.07, 6.45) is 2.69. The monoisotopic (exact) mass is 495 g/mol. The maximum Gasteiger partial charge on any atom is 0.276 e. The van der Waals surface area contributed by atoms with Crippen molar-refractivity contribution in [1.82, 2.24) is 10.9 Å². The van der Waals surface area contributed by atoms with Crippen molar-refractivity contribution in [2.24, 2.45) is 0 Å². The van der Waals surface area contributed by atoms with Crippen LogP contribution in [0.5, 0.6) is 11.5 Å². The predicted octanol–water partition coefficient (Wildman–Crippen LogP) is 3.04. The van der Waals surface area contributed by atoms with Crippen LogP contribution < -0.4 is 25.0 Å². The van der Waals surface area contributed by atoms with Gasteiger partial charge < -0.3 is 9.47 Å². The second-order valence-corrected chi connectivity index (χ2v) is 9.01. The van der Waals surface area contributed by atoms with Crippen molar-refractivity contribution in [2.45, 2.75) is 11.8 Å². The van der Waals surface area contributed by atoms with E-state index in [1.807, 2.05) is 19.1 Å². The van der Waals surface area contributed by atoms with E-state index in [1.54, 1.807) is 48.5 Å². The Morgan fingerprint density at radius 1 is 0.914 bits per heavy atom. The highest BCUT2D eigenvalue weighted by molar-refractivity contribution is 7.92. The van der Waals surface area contributed by atoms with Gasteiger partial charge in [0.05, 0.1) is 12.0 Å². The molecule has 0 aromatic heterocycles. The Hall–Kier alpha value is -4.31. The molecular formula is C25H25N3O6S. The normalized spacial score (nSPS) is 11.0. The number of benzene rings is 3. The van der Waals surface area contributed by atoms with Gasteiger partial charge in [-0.3, -0.25) is 25.2 Å². The number of aryl methyl sites for hydroxylation is 1. The quantitative estimate of drug-likeness (QED) is 0.310. The van der Waals surface area contributed by atoms with Gasteiger partial charge in [-0.1, -0.05) is 30.3 Å². The molecule has 0 heterocycles. The minimum absolute atomic E-state index is 0.0656. The van der Waals surface area contributed by atoms with E-state index in [2.05, 4.69) is 15.6 Å². The third kappa shape index (κ3) is 7.61. The van der Waals surface area contributed by atoms with Crippen LogP contribution in [-0.2, 0) is 19.6 Å². The first-order valence-corrected chi connectivity index (χ1v) is 12.0. The van der Waals surface area contributed by atoms with Gasteiger partial charge in [0, 0.05) is 11.8 Å². The standard InChI is InChI=1S/C25H25N3O6S/c1-18-5-3-4-6-23(18)34-17-25(30)27-26-24(29)16-9-19-7-14-22(15-8-19)35(31,32)28-20-10-12-21(33-2)13-11-20/h3-16,28H,17H2,1-2H3,(H,26,29)(H,27,30). The summed E-state index contributed by atoms with van der Waals surface area (Å²) >= 11 is 0. The molecule has 0 atom stereocenters. The molecule has 3 aromatic carbocycles. The fraction of sp³-hybridized carbons (Fsp3) is 0.120. The molecule has 182 valence electrons. The number of nitrogens with one attached hydrogen (secondary N) is 3. The summed E-state index contributed by atoms with van der Waals surface area (Å²) in [5.74, 6) is 0.114.